The van der Waals surface area contributed by atoms with Crippen LogP contribution in [0.5, 0.6) is 0 Å². The van der Waals surface area contributed by atoms with Gasteiger partial charge in [0.2, 0.25) is 0 Å². The van der Waals surface area contributed by atoms with E-state index in [1.807, 2.05) is 11.3 Å². The van der Waals surface area contributed by atoms with E-state index in [0.29, 0.717) is 11.3 Å². The highest BCUT2D eigenvalue weighted by Crippen LogP contribution is 2.33. The molecule has 3 heteroatoms. The Morgan fingerprint density at radius 2 is 1.81 bits per heavy atom. The van der Waals surface area contributed by atoms with E-state index >= 15 is 0 Å². The van der Waals surface area contributed by atoms with Gasteiger partial charge in [-0.2, -0.15) is 0 Å². The molecule has 1 heterocycles. The van der Waals surface area contributed by atoms with Crippen LogP contribution < -0.4 is 5.32 Å². The standard InChI is InChI=1S/C18H34N2S/c1-8-18(9-2,13-19-11-14(3)4)10-16-20-15(12-21-16)17(5,6)7/h12,14,19H,8-11,13H2,1-7H3. The Hall–Kier alpha value is -0.410. The molecule has 0 amide bonds. The lowest BCUT2D eigenvalue weighted by Crippen LogP contribution is -2.37. The molecular weight excluding hydrogens is 276 g/mol. The summed E-state index contributed by atoms with van der Waals surface area (Å²) in [6, 6.07) is 0. The van der Waals surface area contributed by atoms with E-state index in [9.17, 15) is 0 Å². The summed E-state index contributed by atoms with van der Waals surface area (Å²) in [5.74, 6) is 0.712. The summed E-state index contributed by atoms with van der Waals surface area (Å²) < 4.78 is 0. The van der Waals surface area contributed by atoms with Gasteiger partial charge in [0.05, 0.1) is 10.7 Å². The van der Waals surface area contributed by atoms with E-state index in [0.717, 1.165) is 19.5 Å². The van der Waals surface area contributed by atoms with E-state index in [-0.39, 0.29) is 5.41 Å². The van der Waals surface area contributed by atoms with Crippen LogP contribution in [0.25, 0.3) is 0 Å². The van der Waals surface area contributed by atoms with Gasteiger partial charge >= 0.3 is 0 Å². The zero-order chi connectivity index (χ0) is 16.1. The molecule has 0 aliphatic heterocycles. The Labute approximate surface area is 135 Å². The zero-order valence-corrected chi connectivity index (χ0v) is 15.9. The number of hydrogen-bond donors (Lipinski definition) is 1. The van der Waals surface area contributed by atoms with Crippen molar-refractivity contribution in [1.82, 2.24) is 10.3 Å². The summed E-state index contributed by atoms with van der Waals surface area (Å²) in [5, 5.41) is 7.21. The van der Waals surface area contributed by atoms with Gasteiger partial charge < -0.3 is 5.32 Å². The summed E-state index contributed by atoms with van der Waals surface area (Å²) in [7, 11) is 0. The minimum Gasteiger partial charge on any atom is -0.316 e. The van der Waals surface area contributed by atoms with Gasteiger partial charge in [-0.15, -0.1) is 11.3 Å². The molecule has 0 aromatic carbocycles. The molecule has 1 aromatic heterocycles. The Morgan fingerprint density at radius 3 is 2.24 bits per heavy atom. The SMILES string of the molecule is CCC(CC)(CNCC(C)C)Cc1nc(C(C)(C)C)cs1. The Balaban J connectivity index is 2.75. The largest absolute Gasteiger partial charge is 0.316 e. The highest BCUT2D eigenvalue weighted by molar-refractivity contribution is 7.09. The first-order chi connectivity index (χ1) is 9.72. The van der Waals surface area contributed by atoms with Crippen molar-refractivity contribution in [2.24, 2.45) is 11.3 Å². The van der Waals surface area contributed by atoms with E-state index < -0.39 is 0 Å². The van der Waals surface area contributed by atoms with E-state index in [1.54, 1.807) is 0 Å². The number of aromatic nitrogens is 1. The average Bonchev–Trinajstić information content (AvgIpc) is 2.85. The van der Waals surface area contributed by atoms with E-state index in [1.165, 1.54) is 23.5 Å². The number of thiazole rings is 1. The molecule has 0 atom stereocenters. The number of hydrogen-bond acceptors (Lipinski definition) is 3. The van der Waals surface area contributed by atoms with Crippen molar-refractivity contribution in [2.45, 2.75) is 73.1 Å². The molecule has 1 N–H and O–H groups in total. The molecule has 1 rings (SSSR count). The second-order valence-electron chi connectivity index (χ2n) is 7.79. The molecule has 0 spiro atoms. The molecule has 0 radical (unpaired) electrons. The van der Waals surface area contributed by atoms with Crippen LogP contribution in [0.2, 0.25) is 0 Å². The third-order valence-corrected chi connectivity index (χ3v) is 5.25. The van der Waals surface area contributed by atoms with Crippen molar-refractivity contribution < 1.29 is 0 Å². The molecule has 122 valence electrons. The quantitative estimate of drug-likeness (QED) is 0.728. The van der Waals surface area contributed by atoms with Gasteiger partial charge in [-0.25, -0.2) is 4.98 Å². The molecule has 0 aliphatic carbocycles. The maximum Gasteiger partial charge on any atom is 0.0934 e. The monoisotopic (exact) mass is 310 g/mol. The zero-order valence-electron chi connectivity index (χ0n) is 15.0. The molecule has 0 unspecified atom stereocenters. The first-order valence-corrected chi connectivity index (χ1v) is 9.26. The van der Waals surface area contributed by atoms with Crippen LogP contribution >= 0.6 is 11.3 Å². The van der Waals surface area contributed by atoms with Crippen molar-refractivity contribution in [3.63, 3.8) is 0 Å². The first kappa shape index (κ1) is 18.6. The molecule has 21 heavy (non-hydrogen) atoms. The van der Waals surface area contributed by atoms with E-state index in [2.05, 4.69) is 59.2 Å². The molecule has 2 nitrogen and oxygen atoms in total. The predicted molar refractivity (Wildman–Crippen MR) is 95.2 cm³/mol. The van der Waals surface area contributed by atoms with Crippen molar-refractivity contribution in [3.05, 3.63) is 16.1 Å². The second-order valence-corrected chi connectivity index (χ2v) is 8.73. The average molecular weight is 311 g/mol. The Kier molecular flexibility index (Phi) is 6.86. The van der Waals surface area contributed by atoms with Crippen molar-refractivity contribution in [3.8, 4) is 0 Å². The summed E-state index contributed by atoms with van der Waals surface area (Å²) >= 11 is 1.83. The van der Waals surface area contributed by atoms with E-state index in [4.69, 9.17) is 4.98 Å². The van der Waals surface area contributed by atoms with Crippen LogP contribution in [-0.4, -0.2) is 18.1 Å². The van der Waals surface area contributed by atoms with Gasteiger partial charge in [-0.1, -0.05) is 48.5 Å². The van der Waals surface area contributed by atoms with Crippen LogP contribution in [0.15, 0.2) is 5.38 Å². The lowest BCUT2D eigenvalue weighted by Gasteiger charge is -2.31. The number of rotatable bonds is 8. The highest BCUT2D eigenvalue weighted by Gasteiger charge is 2.28. The van der Waals surface area contributed by atoms with Crippen LogP contribution in [0.4, 0.5) is 0 Å². The molecular formula is C18H34N2S. The van der Waals surface area contributed by atoms with Gasteiger partial charge in [0.25, 0.3) is 0 Å². The predicted octanol–water partition coefficient (Wildman–Crippen LogP) is 5.04. The van der Waals surface area contributed by atoms with Crippen LogP contribution in [0, 0.1) is 11.3 Å². The highest BCUT2D eigenvalue weighted by atomic mass is 32.1. The molecule has 0 fully saturated rings. The minimum atomic E-state index is 0.158. The fourth-order valence-corrected chi connectivity index (χ4v) is 3.69. The Morgan fingerprint density at radius 1 is 1.19 bits per heavy atom. The number of nitrogens with one attached hydrogen (secondary N) is 1. The molecule has 0 saturated heterocycles. The lowest BCUT2D eigenvalue weighted by molar-refractivity contribution is 0.242. The van der Waals surface area contributed by atoms with Gasteiger partial charge in [0.1, 0.15) is 0 Å². The van der Waals surface area contributed by atoms with Crippen LogP contribution in [-0.2, 0) is 11.8 Å². The maximum atomic E-state index is 4.90. The summed E-state index contributed by atoms with van der Waals surface area (Å²) in [4.78, 5) is 4.90. The minimum absolute atomic E-state index is 0.158. The number of nitrogens with zero attached hydrogens (tertiary/aromatic N) is 1. The molecule has 0 saturated carbocycles. The first-order valence-electron chi connectivity index (χ1n) is 8.38. The normalized spacial score (nSPS) is 13.1. The maximum absolute atomic E-state index is 4.90. The van der Waals surface area contributed by atoms with Gasteiger partial charge in [-0.05, 0) is 30.7 Å². The van der Waals surface area contributed by atoms with Crippen molar-refractivity contribution in [1.29, 1.82) is 0 Å². The second kappa shape index (κ2) is 7.73. The van der Waals surface area contributed by atoms with Gasteiger partial charge in [0.15, 0.2) is 0 Å². The molecule has 0 bridgehead atoms. The summed E-state index contributed by atoms with van der Waals surface area (Å²) in [6.45, 7) is 18.1. The summed E-state index contributed by atoms with van der Waals surface area (Å²) in [5.41, 5.74) is 1.74. The third-order valence-electron chi connectivity index (χ3n) is 4.40. The van der Waals surface area contributed by atoms with Crippen LogP contribution in [0.3, 0.4) is 0 Å². The van der Waals surface area contributed by atoms with Gasteiger partial charge in [0, 0.05) is 23.8 Å². The van der Waals surface area contributed by atoms with Gasteiger partial charge in [-0.3, -0.25) is 0 Å². The third kappa shape index (κ3) is 5.71. The Bertz CT molecular complexity index is 411. The fourth-order valence-electron chi connectivity index (χ4n) is 2.50. The molecule has 0 aliphatic rings. The fraction of sp³-hybridized carbons (Fsp3) is 0.833. The van der Waals surface area contributed by atoms with Crippen molar-refractivity contribution >= 4 is 11.3 Å². The summed E-state index contributed by atoms with van der Waals surface area (Å²) in [6.07, 6.45) is 3.52. The van der Waals surface area contributed by atoms with Crippen molar-refractivity contribution in [2.75, 3.05) is 13.1 Å². The topological polar surface area (TPSA) is 24.9 Å². The van der Waals surface area contributed by atoms with Crippen LogP contribution in [0.1, 0.15) is 72.0 Å². The lowest BCUT2D eigenvalue weighted by atomic mass is 9.79. The molecule has 1 aromatic rings. The smallest absolute Gasteiger partial charge is 0.0934 e.